The number of nitrogens with zero attached hydrogens (tertiary/aromatic N) is 1. The van der Waals surface area contributed by atoms with E-state index in [1.807, 2.05) is 24.3 Å². The van der Waals surface area contributed by atoms with E-state index in [4.69, 9.17) is 9.15 Å². The molecule has 6 nitrogen and oxygen atoms in total. The number of hydrogen-bond donors (Lipinski definition) is 1. The molecule has 1 N–H and O–H groups in total. The Kier molecular flexibility index (Phi) is 5.04. The number of para-hydroxylation sites is 1. The van der Waals surface area contributed by atoms with E-state index < -0.39 is 0 Å². The molecule has 2 amide bonds. The first-order valence-corrected chi connectivity index (χ1v) is 10.8. The molecule has 0 unspecified atom stereocenters. The highest BCUT2D eigenvalue weighted by Gasteiger charge is 2.43. The molecular formula is C23H28N2O4. The number of benzene rings is 1. The van der Waals surface area contributed by atoms with Crippen molar-refractivity contribution in [2.24, 2.45) is 17.8 Å². The molecule has 5 rings (SSSR count). The van der Waals surface area contributed by atoms with Crippen molar-refractivity contribution in [2.75, 3.05) is 26.3 Å². The lowest BCUT2D eigenvalue weighted by Crippen LogP contribution is -2.45. The monoisotopic (exact) mass is 396 g/mol. The van der Waals surface area contributed by atoms with Crippen molar-refractivity contribution >= 4 is 22.8 Å². The van der Waals surface area contributed by atoms with Gasteiger partial charge in [0.2, 0.25) is 5.91 Å². The first kappa shape index (κ1) is 18.7. The van der Waals surface area contributed by atoms with Crippen molar-refractivity contribution in [1.82, 2.24) is 10.2 Å². The predicted molar refractivity (Wildman–Crippen MR) is 108 cm³/mol. The summed E-state index contributed by atoms with van der Waals surface area (Å²) in [6.07, 6.45) is 4.85. The molecule has 1 aliphatic carbocycles. The second kappa shape index (κ2) is 7.82. The van der Waals surface area contributed by atoms with Crippen LogP contribution in [-0.2, 0) is 9.53 Å². The van der Waals surface area contributed by atoms with Gasteiger partial charge in [-0.15, -0.1) is 0 Å². The third-order valence-electron chi connectivity index (χ3n) is 6.95. The molecule has 3 atom stereocenters. The van der Waals surface area contributed by atoms with Crippen molar-refractivity contribution in [3.05, 3.63) is 36.1 Å². The van der Waals surface area contributed by atoms with E-state index in [1.165, 1.54) is 0 Å². The second-order valence-corrected chi connectivity index (χ2v) is 8.71. The zero-order chi connectivity index (χ0) is 19.8. The van der Waals surface area contributed by atoms with Crippen molar-refractivity contribution in [3.63, 3.8) is 0 Å². The summed E-state index contributed by atoms with van der Waals surface area (Å²) in [5.74, 6) is 1.41. The molecule has 1 aromatic heterocycles. The standard InChI is InChI=1S/C23H28N2O4/c26-22(21-12-16-4-1-2-7-20(16)29-21)24-19-6-3-5-17-13-25(14-18(17)19)23(27)15-8-10-28-11-9-15/h1-2,4,7,12,15,17-19H,3,5-6,8-11,13-14H2,(H,24,26)/t17-,18+,19-/m0/s1. The van der Waals surface area contributed by atoms with Crippen molar-refractivity contribution in [3.8, 4) is 0 Å². The van der Waals surface area contributed by atoms with Crippen LogP contribution in [0.25, 0.3) is 11.0 Å². The lowest BCUT2D eigenvalue weighted by molar-refractivity contribution is -0.137. The topological polar surface area (TPSA) is 71.8 Å². The summed E-state index contributed by atoms with van der Waals surface area (Å²) in [6, 6.07) is 9.57. The summed E-state index contributed by atoms with van der Waals surface area (Å²) in [5, 5.41) is 4.15. The van der Waals surface area contributed by atoms with Crippen LogP contribution in [0.4, 0.5) is 0 Å². The number of rotatable bonds is 3. The van der Waals surface area contributed by atoms with E-state index in [0.29, 0.717) is 30.8 Å². The number of furan rings is 1. The molecule has 2 saturated heterocycles. The van der Waals surface area contributed by atoms with E-state index in [2.05, 4.69) is 10.2 Å². The summed E-state index contributed by atoms with van der Waals surface area (Å²) in [5.41, 5.74) is 0.730. The Morgan fingerprint density at radius 3 is 2.69 bits per heavy atom. The van der Waals surface area contributed by atoms with Crippen LogP contribution in [0.1, 0.15) is 42.7 Å². The maximum atomic E-state index is 13.0. The second-order valence-electron chi connectivity index (χ2n) is 8.71. The molecular weight excluding hydrogens is 368 g/mol. The van der Waals surface area contributed by atoms with Crippen molar-refractivity contribution in [1.29, 1.82) is 0 Å². The minimum atomic E-state index is -0.152. The molecule has 0 spiro atoms. The number of likely N-dealkylation sites (tertiary alicyclic amines) is 1. The minimum absolute atomic E-state index is 0.0990. The van der Waals surface area contributed by atoms with Crippen LogP contribution in [0.2, 0.25) is 0 Å². The number of fused-ring (bicyclic) bond motifs is 2. The third kappa shape index (κ3) is 3.66. The van der Waals surface area contributed by atoms with E-state index in [9.17, 15) is 9.59 Å². The van der Waals surface area contributed by atoms with Gasteiger partial charge in [0.1, 0.15) is 5.58 Å². The van der Waals surface area contributed by atoms with Crippen LogP contribution in [0.3, 0.4) is 0 Å². The number of nitrogens with one attached hydrogen (secondary N) is 1. The summed E-state index contributed by atoms with van der Waals surface area (Å²) >= 11 is 0. The molecule has 1 aromatic carbocycles. The molecule has 2 aliphatic heterocycles. The highest BCUT2D eigenvalue weighted by Crippen LogP contribution is 2.37. The molecule has 6 heteroatoms. The van der Waals surface area contributed by atoms with Gasteiger partial charge in [0, 0.05) is 49.6 Å². The molecule has 0 radical (unpaired) electrons. The molecule has 2 aromatic rings. The molecule has 1 saturated carbocycles. The van der Waals surface area contributed by atoms with Gasteiger partial charge in [-0.25, -0.2) is 0 Å². The zero-order valence-corrected chi connectivity index (χ0v) is 16.6. The van der Waals surface area contributed by atoms with E-state index >= 15 is 0 Å². The summed E-state index contributed by atoms with van der Waals surface area (Å²) in [6.45, 7) is 2.96. The fourth-order valence-corrected chi connectivity index (χ4v) is 5.37. The average Bonchev–Trinajstić information content (AvgIpc) is 3.39. The molecule has 0 bridgehead atoms. The van der Waals surface area contributed by atoms with Gasteiger partial charge in [0.05, 0.1) is 0 Å². The normalized spacial score (nSPS) is 27.7. The Morgan fingerprint density at radius 1 is 1.03 bits per heavy atom. The SMILES string of the molecule is O=C(N[C@H]1CCC[C@H]2CN(C(=O)C3CCOCC3)C[C@H]21)c1cc2ccccc2o1. The van der Waals surface area contributed by atoms with Crippen molar-refractivity contribution < 1.29 is 18.7 Å². The highest BCUT2D eigenvalue weighted by atomic mass is 16.5. The number of amides is 2. The maximum absolute atomic E-state index is 13.0. The minimum Gasteiger partial charge on any atom is -0.451 e. The van der Waals surface area contributed by atoms with Crippen LogP contribution in [-0.4, -0.2) is 49.1 Å². The zero-order valence-electron chi connectivity index (χ0n) is 16.6. The molecule has 3 fully saturated rings. The molecule has 29 heavy (non-hydrogen) atoms. The van der Waals surface area contributed by atoms with Crippen LogP contribution >= 0.6 is 0 Å². The van der Waals surface area contributed by atoms with Crippen LogP contribution < -0.4 is 5.32 Å². The number of carbonyl (C=O) groups excluding carboxylic acids is 2. The van der Waals surface area contributed by atoms with Gasteiger partial charge in [0.25, 0.3) is 5.91 Å². The highest BCUT2D eigenvalue weighted by molar-refractivity contribution is 5.96. The first-order valence-electron chi connectivity index (χ1n) is 10.8. The fourth-order valence-electron chi connectivity index (χ4n) is 5.37. The number of carbonyl (C=O) groups is 2. The first-order chi connectivity index (χ1) is 14.2. The van der Waals surface area contributed by atoms with Crippen LogP contribution in [0, 0.1) is 17.8 Å². The Morgan fingerprint density at radius 2 is 1.86 bits per heavy atom. The number of hydrogen-bond acceptors (Lipinski definition) is 4. The summed E-state index contributed by atoms with van der Waals surface area (Å²) < 4.78 is 11.1. The largest absolute Gasteiger partial charge is 0.451 e. The number of ether oxygens (including phenoxy) is 1. The Labute approximate surface area is 170 Å². The van der Waals surface area contributed by atoms with E-state index in [1.54, 1.807) is 6.07 Å². The average molecular weight is 396 g/mol. The van der Waals surface area contributed by atoms with Gasteiger partial charge in [-0.1, -0.05) is 24.6 Å². The predicted octanol–water partition coefficient (Wildman–Crippen LogP) is 3.22. The quantitative estimate of drug-likeness (QED) is 0.865. The van der Waals surface area contributed by atoms with Gasteiger partial charge in [-0.3, -0.25) is 9.59 Å². The molecule has 3 heterocycles. The summed E-state index contributed by atoms with van der Waals surface area (Å²) in [7, 11) is 0. The Hall–Kier alpha value is -2.34. The van der Waals surface area contributed by atoms with Gasteiger partial charge < -0.3 is 19.4 Å². The lowest BCUT2D eigenvalue weighted by atomic mass is 9.78. The molecule has 3 aliphatic rings. The lowest BCUT2D eigenvalue weighted by Gasteiger charge is -2.33. The fraction of sp³-hybridized carbons (Fsp3) is 0.565. The summed E-state index contributed by atoms with van der Waals surface area (Å²) in [4.78, 5) is 27.8. The van der Waals surface area contributed by atoms with Crippen LogP contribution in [0.15, 0.2) is 34.7 Å². The van der Waals surface area contributed by atoms with Crippen LogP contribution in [0.5, 0.6) is 0 Å². The van der Waals surface area contributed by atoms with Gasteiger partial charge in [0.15, 0.2) is 5.76 Å². The molecule has 154 valence electrons. The van der Waals surface area contributed by atoms with E-state index in [-0.39, 0.29) is 23.8 Å². The maximum Gasteiger partial charge on any atom is 0.287 e. The van der Waals surface area contributed by atoms with Gasteiger partial charge in [-0.05, 0) is 43.7 Å². The van der Waals surface area contributed by atoms with Gasteiger partial charge >= 0.3 is 0 Å². The smallest absolute Gasteiger partial charge is 0.287 e. The third-order valence-corrected chi connectivity index (χ3v) is 6.95. The van der Waals surface area contributed by atoms with Crippen molar-refractivity contribution in [2.45, 2.75) is 38.1 Å². The van der Waals surface area contributed by atoms with E-state index in [0.717, 1.165) is 56.2 Å². The Balaban J connectivity index is 1.26. The van der Waals surface area contributed by atoms with Gasteiger partial charge in [-0.2, -0.15) is 0 Å². The Bertz CT molecular complexity index is 868.